The van der Waals surface area contributed by atoms with Gasteiger partial charge in [-0.1, -0.05) is 18.2 Å². The van der Waals surface area contributed by atoms with E-state index in [1.54, 1.807) is 53.1 Å². The Hall–Kier alpha value is -2.51. The van der Waals surface area contributed by atoms with Crippen LogP contribution in [0.3, 0.4) is 0 Å². The number of esters is 1. The molecule has 0 unspecified atom stereocenters. The summed E-state index contributed by atoms with van der Waals surface area (Å²) < 4.78 is 10.8. The minimum absolute atomic E-state index is 0.223. The molecule has 0 saturated heterocycles. The molecule has 0 aliphatic rings. The quantitative estimate of drug-likeness (QED) is 0.460. The fourth-order valence-electron chi connectivity index (χ4n) is 2.10. The summed E-state index contributed by atoms with van der Waals surface area (Å²) in [7, 11) is 0. The van der Waals surface area contributed by atoms with Gasteiger partial charge in [0.05, 0.1) is 15.6 Å². The van der Waals surface area contributed by atoms with E-state index in [-0.39, 0.29) is 24.6 Å². The molecule has 2 heterocycles. The Labute approximate surface area is 152 Å². The van der Waals surface area contributed by atoms with E-state index in [0.717, 1.165) is 10.7 Å². The van der Waals surface area contributed by atoms with Gasteiger partial charge in [-0.3, -0.25) is 4.79 Å². The zero-order valence-electron chi connectivity index (χ0n) is 13.4. The summed E-state index contributed by atoms with van der Waals surface area (Å²) >= 11 is 2.86. The van der Waals surface area contributed by atoms with Crippen LogP contribution in [0, 0.1) is 6.92 Å². The summed E-state index contributed by atoms with van der Waals surface area (Å²) in [5.41, 5.74) is 1.09. The third kappa shape index (κ3) is 4.52. The second kappa shape index (κ2) is 8.04. The molecule has 5 nitrogen and oxygen atoms in total. The van der Waals surface area contributed by atoms with Crippen LogP contribution in [-0.2, 0) is 11.3 Å². The summed E-state index contributed by atoms with van der Waals surface area (Å²) in [6.07, 6.45) is 0. The lowest BCUT2D eigenvalue weighted by Crippen LogP contribution is -2.14. The normalized spacial score (nSPS) is 10.4. The zero-order valence-corrected chi connectivity index (χ0v) is 15.1. The van der Waals surface area contributed by atoms with Crippen LogP contribution < -0.4 is 4.74 Å². The molecule has 128 valence electrons. The largest absolute Gasteiger partial charge is 0.486 e. The fourth-order valence-corrected chi connectivity index (χ4v) is 3.35. The number of aryl methyl sites for hydroxylation is 1. The summed E-state index contributed by atoms with van der Waals surface area (Å²) in [6, 6.07) is 10.3. The highest BCUT2D eigenvalue weighted by atomic mass is 32.1. The maximum Gasteiger partial charge on any atom is 0.342 e. The predicted molar refractivity (Wildman–Crippen MR) is 96.6 cm³/mol. The molecule has 0 radical (unpaired) electrons. The van der Waals surface area contributed by atoms with Crippen LogP contribution in [0.5, 0.6) is 5.75 Å². The van der Waals surface area contributed by atoms with Gasteiger partial charge in [-0.2, -0.15) is 0 Å². The van der Waals surface area contributed by atoms with Gasteiger partial charge >= 0.3 is 5.97 Å². The molecule has 0 aliphatic carbocycles. The van der Waals surface area contributed by atoms with E-state index in [4.69, 9.17) is 9.47 Å². The number of nitrogens with zero attached hydrogens (tertiary/aromatic N) is 1. The Morgan fingerprint density at radius 2 is 1.96 bits per heavy atom. The second-order valence-corrected chi connectivity index (χ2v) is 7.13. The van der Waals surface area contributed by atoms with Crippen molar-refractivity contribution in [1.29, 1.82) is 0 Å². The standard InChI is InChI=1S/C18H15NO4S2/c1-12-19-13(11-25-12)9-22-16-6-3-2-5-14(16)18(21)23-10-15(20)17-7-4-8-24-17/h2-8,11H,9-10H2,1H3. The van der Waals surface area contributed by atoms with E-state index in [1.807, 2.05) is 12.3 Å². The third-order valence-corrected chi connectivity index (χ3v) is 5.01. The number of ketones is 1. The molecule has 0 N–H and O–H groups in total. The predicted octanol–water partition coefficient (Wildman–Crippen LogP) is 4.13. The van der Waals surface area contributed by atoms with Gasteiger partial charge in [0.1, 0.15) is 17.9 Å². The van der Waals surface area contributed by atoms with Crippen LogP contribution in [-0.4, -0.2) is 23.3 Å². The van der Waals surface area contributed by atoms with E-state index in [0.29, 0.717) is 10.6 Å². The van der Waals surface area contributed by atoms with Gasteiger partial charge in [-0.05, 0) is 30.5 Å². The number of aromatic nitrogens is 1. The number of carbonyl (C=O) groups is 2. The van der Waals surface area contributed by atoms with Crippen LogP contribution in [0.15, 0.2) is 47.2 Å². The smallest absolute Gasteiger partial charge is 0.342 e. The molecule has 0 amide bonds. The number of Topliss-reactive ketones (excluding diaryl/α,β-unsaturated/α-hetero) is 1. The average Bonchev–Trinajstić information content (AvgIpc) is 3.29. The molecule has 0 atom stereocenters. The number of benzene rings is 1. The van der Waals surface area contributed by atoms with Crippen molar-refractivity contribution < 1.29 is 19.1 Å². The summed E-state index contributed by atoms with van der Waals surface area (Å²) in [5.74, 6) is -0.406. The van der Waals surface area contributed by atoms with Crippen molar-refractivity contribution in [3.63, 3.8) is 0 Å². The molecule has 0 fully saturated rings. The SMILES string of the molecule is Cc1nc(COc2ccccc2C(=O)OCC(=O)c2cccs2)cs1. The van der Waals surface area contributed by atoms with Crippen LogP contribution in [0.25, 0.3) is 0 Å². The molecule has 2 aromatic heterocycles. The van der Waals surface area contributed by atoms with Crippen molar-refractivity contribution in [2.75, 3.05) is 6.61 Å². The van der Waals surface area contributed by atoms with Gasteiger partial charge < -0.3 is 9.47 Å². The number of ether oxygens (including phenoxy) is 2. The maximum atomic E-state index is 12.3. The Bertz CT molecular complexity index is 871. The van der Waals surface area contributed by atoms with Crippen molar-refractivity contribution in [1.82, 2.24) is 4.98 Å². The zero-order chi connectivity index (χ0) is 17.6. The Morgan fingerprint density at radius 3 is 2.68 bits per heavy atom. The van der Waals surface area contributed by atoms with Crippen LogP contribution in [0.4, 0.5) is 0 Å². The first-order valence-electron chi connectivity index (χ1n) is 7.50. The van der Waals surface area contributed by atoms with E-state index in [1.165, 1.54) is 11.3 Å². The van der Waals surface area contributed by atoms with E-state index >= 15 is 0 Å². The van der Waals surface area contributed by atoms with Crippen molar-refractivity contribution >= 4 is 34.4 Å². The van der Waals surface area contributed by atoms with E-state index in [2.05, 4.69) is 4.98 Å². The lowest BCUT2D eigenvalue weighted by atomic mass is 10.2. The Kier molecular flexibility index (Phi) is 5.57. The van der Waals surface area contributed by atoms with Gasteiger partial charge in [0, 0.05) is 5.38 Å². The van der Waals surface area contributed by atoms with Gasteiger partial charge in [-0.25, -0.2) is 9.78 Å². The molecule has 25 heavy (non-hydrogen) atoms. The number of hydrogen-bond donors (Lipinski definition) is 0. The Morgan fingerprint density at radius 1 is 1.12 bits per heavy atom. The molecular weight excluding hydrogens is 358 g/mol. The first-order chi connectivity index (χ1) is 12.1. The van der Waals surface area contributed by atoms with Gasteiger partial charge in [0.25, 0.3) is 0 Å². The van der Waals surface area contributed by atoms with Gasteiger partial charge in [-0.15, -0.1) is 22.7 Å². The maximum absolute atomic E-state index is 12.3. The lowest BCUT2D eigenvalue weighted by Gasteiger charge is -2.10. The number of thiazole rings is 1. The minimum Gasteiger partial charge on any atom is -0.486 e. The number of hydrogen-bond acceptors (Lipinski definition) is 7. The van der Waals surface area contributed by atoms with Gasteiger partial charge in [0.2, 0.25) is 5.78 Å². The Balaban J connectivity index is 1.63. The summed E-state index contributed by atoms with van der Waals surface area (Å²) in [4.78, 5) is 29.1. The van der Waals surface area contributed by atoms with Gasteiger partial charge in [0.15, 0.2) is 6.61 Å². The van der Waals surface area contributed by atoms with Crippen molar-refractivity contribution in [3.05, 3.63) is 68.3 Å². The molecule has 3 rings (SSSR count). The molecule has 0 saturated carbocycles. The highest BCUT2D eigenvalue weighted by Crippen LogP contribution is 2.21. The van der Waals surface area contributed by atoms with Crippen LogP contribution >= 0.6 is 22.7 Å². The molecule has 1 aromatic carbocycles. The number of rotatable bonds is 7. The average molecular weight is 373 g/mol. The molecule has 0 spiro atoms. The topological polar surface area (TPSA) is 65.5 Å². The first kappa shape index (κ1) is 17.3. The highest BCUT2D eigenvalue weighted by Gasteiger charge is 2.16. The molecule has 0 bridgehead atoms. The summed E-state index contributed by atoms with van der Waals surface area (Å²) in [5, 5.41) is 4.67. The number of para-hydroxylation sites is 1. The monoisotopic (exact) mass is 373 g/mol. The molecule has 0 aliphatic heterocycles. The number of thiophene rings is 1. The van der Waals surface area contributed by atoms with Crippen molar-refractivity contribution in [2.24, 2.45) is 0 Å². The van der Waals surface area contributed by atoms with Crippen molar-refractivity contribution in [3.8, 4) is 5.75 Å². The second-order valence-electron chi connectivity index (χ2n) is 5.12. The third-order valence-electron chi connectivity index (χ3n) is 3.28. The van der Waals surface area contributed by atoms with Crippen molar-refractivity contribution in [2.45, 2.75) is 13.5 Å². The van der Waals surface area contributed by atoms with E-state index in [9.17, 15) is 9.59 Å². The van der Waals surface area contributed by atoms with E-state index < -0.39 is 5.97 Å². The lowest BCUT2D eigenvalue weighted by molar-refractivity contribution is 0.0471. The summed E-state index contributed by atoms with van der Waals surface area (Å²) in [6.45, 7) is 1.89. The first-order valence-corrected chi connectivity index (χ1v) is 9.26. The van der Waals surface area contributed by atoms with Crippen LogP contribution in [0.1, 0.15) is 30.7 Å². The number of carbonyl (C=O) groups excluding carboxylic acids is 2. The fraction of sp³-hybridized carbons (Fsp3) is 0.167. The van der Waals surface area contributed by atoms with Crippen LogP contribution in [0.2, 0.25) is 0 Å². The molecule has 3 aromatic rings. The molecule has 7 heteroatoms. The minimum atomic E-state index is -0.588. The highest BCUT2D eigenvalue weighted by molar-refractivity contribution is 7.12. The molecular formula is C18H15NO4S2.